The van der Waals surface area contributed by atoms with E-state index in [1.54, 1.807) is 20.8 Å². The summed E-state index contributed by atoms with van der Waals surface area (Å²) < 4.78 is 34.2. The molecule has 2 atom stereocenters. The molecule has 1 aliphatic rings. The van der Waals surface area contributed by atoms with Crippen LogP contribution in [0, 0.1) is 0 Å². The number of hydrogen-bond donors (Lipinski definition) is 2. The van der Waals surface area contributed by atoms with Crippen molar-refractivity contribution in [3.05, 3.63) is 35.9 Å². The Bertz CT molecular complexity index is 1090. The van der Waals surface area contributed by atoms with E-state index in [1.807, 2.05) is 30.3 Å². The molecule has 11 nitrogen and oxygen atoms in total. The molecule has 0 saturated heterocycles. The number of ether oxygens (including phenoxy) is 3. The van der Waals surface area contributed by atoms with Crippen LogP contribution in [0.15, 0.2) is 34.7 Å². The van der Waals surface area contributed by atoms with Gasteiger partial charge in [0.1, 0.15) is 18.2 Å². The molecule has 1 aromatic rings. The number of carbonyl (C=O) groups is 4. The van der Waals surface area contributed by atoms with Crippen LogP contribution in [0.5, 0.6) is 0 Å². The highest BCUT2D eigenvalue weighted by molar-refractivity contribution is 7.94. The highest BCUT2D eigenvalue weighted by atomic mass is 32.2. The van der Waals surface area contributed by atoms with E-state index in [1.165, 1.54) is 6.92 Å². The number of amides is 1. The quantitative estimate of drug-likeness (QED) is 0.299. The molecule has 0 unspecified atom stereocenters. The lowest BCUT2D eigenvalue weighted by Crippen LogP contribution is -2.51. The van der Waals surface area contributed by atoms with Crippen LogP contribution in [0.4, 0.5) is 4.79 Å². The highest BCUT2D eigenvalue weighted by Gasteiger charge is 2.50. The average Bonchev–Trinajstić information content (AvgIpc) is 2.76. The van der Waals surface area contributed by atoms with E-state index in [-0.39, 0.29) is 31.7 Å². The molecule has 1 aromatic carbocycles. The number of carbonyl (C=O) groups excluding carboxylic acids is 3. The van der Waals surface area contributed by atoms with Crippen LogP contribution in [-0.4, -0.2) is 62.2 Å². The van der Waals surface area contributed by atoms with E-state index in [0.717, 1.165) is 5.56 Å². The summed E-state index contributed by atoms with van der Waals surface area (Å²) in [5.74, 6) is -2.79. The predicted octanol–water partition coefficient (Wildman–Crippen LogP) is 3.40. The molecule has 0 aliphatic heterocycles. The van der Waals surface area contributed by atoms with E-state index >= 15 is 0 Å². The maximum Gasteiger partial charge on any atom is 0.408 e. The molecule has 0 spiro atoms. The minimum atomic E-state index is -3.33. The Balaban J connectivity index is 2.14. The highest BCUT2D eigenvalue weighted by Crippen LogP contribution is 2.42. The van der Waals surface area contributed by atoms with Crippen molar-refractivity contribution in [2.45, 2.75) is 83.0 Å². The van der Waals surface area contributed by atoms with Crippen molar-refractivity contribution < 1.29 is 42.7 Å². The number of aliphatic carboxylic acids is 1. The largest absolute Gasteiger partial charge is 0.480 e. The Labute approximate surface area is 217 Å². The van der Waals surface area contributed by atoms with E-state index < -0.39 is 50.3 Å². The molecular weight excluding hydrogens is 504 g/mol. The Morgan fingerprint density at radius 2 is 1.81 bits per heavy atom. The third kappa shape index (κ3) is 9.34. The van der Waals surface area contributed by atoms with Gasteiger partial charge >= 0.3 is 24.0 Å². The molecule has 0 aromatic heterocycles. The smallest absolute Gasteiger partial charge is 0.408 e. The van der Waals surface area contributed by atoms with E-state index in [2.05, 4.69) is 9.68 Å². The third-order valence-corrected chi connectivity index (χ3v) is 8.60. The zero-order chi connectivity index (χ0) is 27.7. The fourth-order valence-electron chi connectivity index (χ4n) is 3.66. The van der Waals surface area contributed by atoms with Crippen LogP contribution in [0.3, 0.4) is 0 Å². The van der Waals surface area contributed by atoms with Gasteiger partial charge in [0.05, 0.1) is 22.7 Å². The minimum Gasteiger partial charge on any atom is -0.480 e. The molecule has 2 rings (SSSR count). The van der Waals surface area contributed by atoms with Gasteiger partial charge in [-0.2, -0.15) is 0 Å². The second-order valence-corrected chi connectivity index (χ2v) is 12.5. The molecule has 0 radical (unpaired) electrons. The van der Waals surface area contributed by atoms with Gasteiger partial charge in [-0.05, 0) is 39.2 Å². The van der Waals surface area contributed by atoms with Crippen molar-refractivity contribution in [2.24, 2.45) is 4.36 Å². The fourth-order valence-corrected chi connectivity index (χ4v) is 6.51. The molecule has 37 heavy (non-hydrogen) atoms. The standard InChI is InChI=1S/C25H36N2O9S/c1-18(28)35-25(13-8-14-25)37(33,16-12-20(22(30)31)27-23(32)36-24(2,3)4)26-15-11-21(29)34-17-19-9-6-5-7-10-19/h5-7,9-10,20H,8,11-17H2,1-4H3,(H,27,32)(H,30,31)/t20-,37+/m0/s1. The predicted molar refractivity (Wildman–Crippen MR) is 135 cm³/mol. The van der Waals surface area contributed by atoms with Crippen LogP contribution < -0.4 is 5.32 Å². The summed E-state index contributed by atoms with van der Waals surface area (Å²) >= 11 is 0. The topological polar surface area (TPSA) is 158 Å². The van der Waals surface area contributed by atoms with Crippen molar-refractivity contribution in [1.29, 1.82) is 0 Å². The Kier molecular flexibility index (Phi) is 10.5. The number of benzene rings is 1. The Morgan fingerprint density at radius 3 is 2.32 bits per heavy atom. The van der Waals surface area contributed by atoms with Crippen molar-refractivity contribution >= 4 is 33.7 Å². The zero-order valence-electron chi connectivity index (χ0n) is 21.7. The molecule has 1 aliphatic carbocycles. The van der Waals surface area contributed by atoms with Gasteiger partial charge in [-0.15, -0.1) is 0 Å². The first-order valence-corrected chi connectivity index (χ1v) is 13.8. The van der Waals surface area contributed by atoms with Crippen LogP contribution in [-0.2, 0) is 44.9 Å². The maximum absolute atomic E-state index is 14.1. The first-order valence-electron chi connectivity index (χ1n) is 12.1. The van der Waals surface area contributed by atoms with Gasteiger partial charge in [-0.25, -0.2) is 18.2 Å². The number of nitrogens with zero attached hydrogens (tertiary/aromatic N) is 1. The summed E-state index contributed by atoms with van der Waals surface area (Å²) in [5.41, 5.74) is -0.0201. The number of carboxylic acids is 1. The number of esters is 2. The molecule has 1 amide bonds. The van der Waals surface area contributed by atoms with Crippen LogP contribution in [0.25, 0.3) is 0 Å². The van der Waals surface area contributed by atoms with Gasteiger partial charge in [-0.1, -0.05) is 30.3 Å². The fraction of sp³-hybridized carbons (Fsp3) is 0.600. The second-order valence-electron chi connectivity index (χ2n) is 9.78. The lowest BCUT2D eigenvalue weighted by molar-refractivity contribution is -0.154. The normalized spacial score (nSPS) is 16.8. The lowest BCUT2D eigenvalue weighted by atomic mass is 9.95. The first-order chi connectivity index (χ1) is 17.3. The van der Waals surface area contributed by atoms with E-state index in [4.69, 9.17) is 14.2 Å². The molecule has 0 bridgehead atoms. The molecule has 206 valence electrons. The van der Waals surface area contributed by atoms with Crippen LogP contribution in [0.1, 0.15) is 65.4 Å². The second kappa shape index (κ2) is 12.9. The van der Waals surface area contributed by atoms with E-state index in [0.29, 0.717) is 19.3 Å². The van der Waals surface area contributed by atoms with Gasteiger partial charge < -0.3 is 24.6 Å². The molecule has 2 N–H and O–H groups in total. The summed E-state index contributed by atoms with van der Waals surface area (Å²) in [6.45, 7) is 6.04. The molecule has 1 saturated carbocycles. The van der Waals surface area contributed by atoms with Crippen LogP contribution in [0.2, 0.25) is 0 Å². The van der Waals surface area contributed by atoms with Crippen molar-refractivity contribution in [2.75, 3.05) is 12.3 Å². The maximum atomic E-state index is 14.1. The summed E-state index contributed by atoms with van der Waals surface area (Å²) in [7, 11) is -3.33. The Hall–Kier alpha value is -3.15. The summed E-state index contributed by atoms with van der Waals surface area (Å²) in [4.78, 5) is 46.5. The van der Waals surface area contributed by atoms with Gasteiger partial charge in [0.25, 0.3) is 0 Å². The minimum absolute atomic E-state index is 0.0864. The average molecular weight is 541 g/mol. The third-order valence-electron chi connectivity index (χ3n) is 5.56. The van der Waals surface area contributed by atoms with Gasteiger partial charge in [0.2, 0.25) is 0 Å². The van der Waals surface area contributed by atoms with Gasteiger partial charge in [0.15, 0.2) is 4.93 Å². The first kappa shape index (κ1) is 30.1. The molecule has 12 heteroatoms. The summed E-state index contributed by atoms with van der Waals surface area (Å²) in [6.07, 6.45) is -0.0911. The SMILES string of the molecule is CC(=O)OC1([S@](=O)(CC[C@H](NC(=O)OC(C)(C)C)C(=O)O)=NCCC(=O)OCc2ccccc2)CCC1. The number of alkyl carbamates (subject to hydrolysis) is 1. The summed E-state index contributed by atoms with van der Waals surface area (Å²) in [5, 5.41) is 11.9. The lowest BCUT2D eigenvalue weighted by Gasteiger charge is -2.42. The van der Waals surface area contributed by atoms with Gasteiger partial charge in [0, 0.05) is 25.5 Å². The molecular formula is C25H36N2O9S. The van der Waals surface area contributed by atoms with Crippen molar-refractivity contribution in [1.82, 2.24) is 5.32 Å². The number of hydrogen-bond acceptors (Lipinski definition) is 9. The monoisotopic (exact) mass is 540 g/mol. The number of carboxylic acid groups (broad SMARTS) is 1. The van der Waals surface area contributed by atoms with Crippen molar-refractivity contribution in [3.8, 4) is 0 Å². The summed E-state index contributed by atoms with van der Waals surface area (Å²) in [6, 6.07) is 7.71. The Morgan fingerprint density at radius 1 is 1.16 bits per heavy atom. The molecule has 1 fully saturated rings. The van der Waals surface area contributed by atoms with E-state index in [9.17, 15) is 28.5 Å². The number of rotatable bonds is 12. The van der Waals surface area contributed by atoms with Crippen molar-refractivity contribution in [3.63, 3.8) is 0 Å². The molecule has 0 heterocycles. The van der Waals surface area contributed by atoms with Crippen LogP contribution >= 0.6 is 0 Å². The number of nitrogens with one attached hydrogen (secondary N) is 1. The zero-order valence-corrected chi connectivity index (χ0v) is 22.5. The van der Waals surface area contributed by atoms with Gasteiger partial charge in [-0.3, -0.25) is 9.59 Å².